The molecule has 0 heterocycles. The molecule has 0 N–H and O–H groups in total. The van der Waals surface area contributed by atoms with Gasteiger partial charge in [-0.1, -0.05) is 35.3 Å². The molecular formula is C15H10Cl2F2O. The summed E-state index contributed by atoms with van der Waals surface area (Å²) in [6.45, 7) is 0. The molecule has 1 nitrogen and oxygen atoms in total. The van der Waals surface area contributed by atoms with Crippen molar-refractivity contribution in [2.75, 3.05) is 0 Å². The zero-order valence-electron chi connectivity index (χ0n) is 10.3. The van der Waals surface area contributed by atoms with E-state index >= 15 is 0 Å². The van der Waals surface area contributed by atoms with Crippen LogP contribution in [0.2, 0.25) is 10.0 Å². The topological polar surface area (TPSA) is 17.1 Å². The Hall–Kier alpha value is -1.45. The fourth-order valence-corrected chi connectivity index (χ4v) is 2.17. The first-order valence-corrected chi connectivity index (χ1v) is 6.61. The monoisotopic (exact) mass is 314 g/mol. The van der Waals surface area contributed by atoms with Gasteiger partial charge in [-0.15, -0.1) is 0 Å². The van der Waals surface area contributed by atoms with Crippen LogP contribution in [0.4, 0.5) is 8.78 Å². The summed E-state index contributed by atoms with van der Waals surface area (Å²) >= 11 is 11.4. The molecule has 2 aromatic rings. The van der Waals surface area contributed by atoms with Gasteiger partial charge in [0.25, 0.3) is 0 Å². The predicted molar refractivity (Wildman–Crippen MR) is 75.2 cm³/mol. The number of carbonyl (C=O) groups excluding carboxylic acids is 1. The van der Waals surface area contributed by atoms with Crippen molar-refractivity contribution in [1.29, 1.82) is 0 Å². The van der Waals surface area contributed by atoms with Crippen LogP contribution in [0.1, 0.15) is 11.1 Å². The lowest BCUT2D eigenvalue weighted by atomic mass is 10.0. The second-order valence-electron chi connectivity index (χ2n) is 4.38. The molecule has 0 bridgehead atoms. The summed E-state index contributed by atoms with van der Waals surface area (Å²) in [5.74, 6) is -1.15. The maximum atomic E-state index is 13.3. The van der Waals surface area contributed by atoms with Crippen molar-refractivity contribution in [2.24, 2.45) is 0 Å². The van der Waals surface area contributed by atoms with Crippen molar-refractivity contribution in [3.05, 3.63) is 69.2 Å². The second kappa shape index (κ2) is 6.33. The Kier molecular flexibility index (Phi) is 4.73. The third-order valence-electron chi connectivity index (χ3n) is 2.79. The molecule has 0 aliphatic heterocycles. The smallest absolute Gasteiger partial charge is 0.142 e. The van der Waals surface area contributed by atoms with Crippen LogP contribution in [0.3, 0.4) is 0 Å². The minimum absolute atomic E-state index is 0.0165. The number of rotatable bonds is 4. The van der Waals surface area contributed by atoms with Gasteiger partial charge in [0.05, 0.1) is 5.02 Å². The Morgan fingerprint density at radius 2 is 1.70 bits per heavy atom. The highest BCUT2D eigenvalue weighted by atomic mass is 35.5. The van der Waals surface area contributed by atoms with Crippen molar-refractivity contribution < 1.29 is 13.6 Å². The van der Waals surface area contributed by atoms with Crippen molar-refractivity contribution in [2.45, 2.75) is 12.8 Å². The van der Waals surface area contributed by atoms with Crippen LogP contribution >= 0.6 is 23.2 Å². The summed E-state index contributed by atoms with van der Waals surface area (Å²) in [4.78, 5) is 11.9. The first-order valence-electron chi connectivity index (χ1n) is 5.85. The SMILES string of the molecule is O=C(Cc1ccc(Cl)c(F)c1)Cc1ccc(F)cc1Cl. The molecule has 2 rings (SSSR count). The number of Topliss-reactive ketones (excluding diaryl/α,β-unsaturated/α-hetero) is 1. The van der Waals surface area contributed by atoms with Gasteiger partial charge in [0.2, 0.25) is 0 Å². The van der Waals surface area contributed by atoms with Crippen LogP contribution in [0, 0.1) is 11.6 Å². The summed E-state index contributed by atoms with van der Waals surface area (Å²) in [7, 11) is 0. The van der Waals surface area contributed by atoms with Crippen LogP contribution in [0.25, 0.3) is 0 Å². The van der Waals surface area contributed by atoms with Crippen LogP contribution in [-0.4, -0.2) is 5.78 Å². The van der Waals surface area contributed by atoms with Gasteiger partial charge in [-0.2, -0.15) is 0 Å². The Morgan fingerprint density at radius 3 is 2.35 bits per heavy atom. The number of benzene rings is 2. The molecule has 0 atom stereocenters. The number of ketones is 1. The molecule has 0 amide bonds. The number of halogens is 4. The van der Waals surface area contributed by atoms with E-state index in [1.165, 1.54) is 24.3 Å². The highest BCUT2D eigenvalue weighted by Crippen LogP contribution is 2.20. The van der Waals surface area contributed by atoms with E-state index in [1.54, 1.807) is 6.07 Å². The van der Waals surface area contributed by atoms with E-state index in [4.69, 9.17) is 23.2 Å². The van der Waals surface area contributed by atoms with Crippen LogP contribution in [0.5, 0.6) is 0 Å². The molecule has 0 aliphatic rings. The summed E-state index contributed by atoms with van der Waals surface area (Å²) in [6.07, 6.45) is 0.144. The molecule has 0 unspecified atom stereocenters. The van der Waals surface area contributed by atoms with Crippen LogP contribution in [0.15, 0.2) is 36.4 Å². The molecule has 2 aromatic carbocycles. The van der Waals surface area contributed by atoms with Gasteiger partial charge in [-0.3, -0.25) is 4.79 Å². The first-order chi connectivity index (χ1) is 9.45. The summed E-state index contributed by atoms with van der Waals surface area (Å²) in [6, 6.07) is 8.10. The molecule has 0 aromatic heterocycles. The average Bonchev–Trinajstić information content (AvgIpc) is 2.37. The Labute approximate surface area is 125 Å². The van der Waals surface area contributed by atoms with Gasteiger partial charge >= 0.3 is 0 Å². The predicted octanol–water partition coefficient (Wildman–Crippen LogP) is 4.63. The van der Waals surface area contributed by atoms with E-state index in [1.807, 2.05) is 0 Å². The number of hydrogen-bond acceptors (Lipinski definition) is 1. The molecule has 0 saturated heterocycles. The fourth-order valence-electron chi connectivity index (χ4n) is 1.82. The molecule has 0 saturated carbocycles. The molecule has 5 heteroatoms. The van der Waals surface area contributed by atoms with Gasteiger partial charge < -0.3 is 0 Å². The van der Waals surface area contributed by atoms with E-state index < -0.39 is 11.6 Å². The molecular weight excluding hydrogens is 305 g/mol. The number of hydrogen-bond donors (Lipinski definition) is 0. The maximum absolute atomic E-state index is 13.3. The Balaban J connectivity index is 2.07. The van der Waals surface area contributed by atoms with Gasteiger partial charge in [-0.05, 0) is 35.4 Å². The normalized spacial score (nSPS) is 10.6. The quantitative estimate of drug-likeness (QED) is 0.804. The third kappa shape index (κ3) is 3.78. The summed E-state index contributed by atoms with van der Waals surface area (Å²) < 4.78 is 26.1. The number of carbonyl (C=O) groups is 1. The fraction of sp³-hybridized carbons (Fsp3) is 0.133. The second-order valence-corrected chi connectivity index (χ2v) is 5.19. The first kappa shape index (κ1) is 14.9. The molecule has 0 spiro atoms. The minimum atomic E-state index is -0.559. The van der Waals surface area contributed by atoms with Crippen molar-refractivity contribution >= 4 is 29.0 Å². The molecule has 0 aliphatic carbocycles. The summed E-state index contributed by atoms with van der Waals surface area (Å²) in [5.41, 5.74) is 1.09. The van der Waals surface area contributed by atoms with E-state index in [0.29, 0.717) is 11.1 Å². The van der Waals surface area contributed by atoms with E-state index in [2.05, 4.69) is 0 Å². The van der Waals surface area contributed by atoms with Crippen molar-refractivity contribution in [3.63, 3.8) is 0 Å². The standard InChI is InChI=1S/C15H10Cl2F2O/c16-13-4-1-9(6-15(13)19)5-12(20)7-10-2-3-11(18)8-14(10)17/h1-4,6,8H,5,7H2. The lowest BCUT2D eigenvalue weighted by Gasteiger charge is -2.05. The van der Waals surface area contributed by atoms with Crippen molar-refractivity contribution in [1.82, 2.24) is 0 Å². The maximum Gasteiger partial charge on any atom is 0.142 e. The zero-order chi connectivity index (χ0) is 14.7. The Bertz CT molecular complexity index is 656. The molecule has 104 valence electrons. The van der Waals surface area contributed by atoms with Gasteiger partial charge in [0.1, 0.15) is 17.4 Å². The van der Waals surface area contributed by atoms with E-state index in [9.17, 15) is 13.6 Å². The minimum Gasteiger partial charge on any atom is -0.299 e. The van der Waals surface area contributed by atoms with E-state index in [0.717, 1.165) is 6.07 Å². The largest absolute Gasteiger partial charge is 0.299 e. The van der Waals surface area contributed by atoms with E-state index in [-0.39, 0.29) is 28.7 Å². The third-order valence-corrected chi connectivity index (χ3v) is 3.45. The van der Waals surface area contributed by atoms with Gasteiger partial charge in [-0.25, -0.2) is 8.78 Å². The van der Waals surface area contributed by atoms with Gasteiger partial charge in [0, 0.05) is 17.9 Å². The molecule has 0 radical (unpaired) electrons. The van der Waals surface area contributed by atoms with Gasteiger partial charge in [0.15, 0.2) is 0 Å². The zero-order valence-corrected chi connectivity index (χ0v) is 11.8. The molecule has 0 fully saturated rings. The highest BCUT2D eigenvalue weighted by molar-refractivity contribution is 6.31. The average molecular weight is 315 g/mol. The Morgan fingerprint density at radius 1 is 0.950 bits per heavy atom. The summed E-state index contributed by atoms with van der Waals surface area (Å²) in [5, 5.41) is 0.225. The lowest BCUT2D eigenvalue weighted by Crippen LogP contribution is -2.07. The highest BCUT2D eigenvalue weighted by Gasteiger charge is 2.10. The lowest BCUT2D eigenvalue weighted by molar-refractivity contribution is -0.117. The van der Waals surface area contributed by atoms with Crippen molar-refractivity contribution in [3.8, 4) is 0 Å². The molecule has 20 heavy (non-hydrogen) atoms. The van der Waals surface area contributed by atoms with Crippen LogP contribution in [-0.2, 0) is 17.6 Å². The van der Waals surface area contributed by atoms with Crippen LogP contribution < -0.4 is 0 Å².